The molecular weight excluding hydrogens is 340 g/mol. The molecule has 1 heterocycles. The van der Waals surface area contributed by atoms with Crippen molar-refractivity contribution < 1.29 is 19.3 Å². The van der Waals surface area contributed by atoms with Crippen LogP contribution in [0.15, 0.2) is 54.6 Å². The Hall–Kier alpha value is -2.88. The highest BCUT2D eigenvalue weighted by Gasteiger charge is 2.24. The van der Waals surface area contributed by atoms with E-state index < -0.39 is 0 Å². The van der Waals surface area contributed by atoms with Crippen molar-refractivity contribution in [3.63, 3.8) is 0 Å². The fourth-order valence-electron chi connectivity index (χ4n) is 3.23. The average molecular weight is 366 g/mol. The van der Waals surface area contributed by atoms with Gasteiger partial charge in [0.05, 0.1) is 0 Å². The number of rotatable bonds is 7. The number of piperazine rings is 1. The summed E-state index contributed by atoms with van der Waals surface area (Å²) in [6, 6.07) is 19.7. The van der Waals surface area contributed by atoms with E-state index in [1.54, 1.807) is 0 Å². The van der Waals surface area contributed by atoms with Crippen LogP contribution in [0, 0.1) is 11.3 Å². The van der Waals surface area contributed by atoms with Gasteiger partial charge in [-0.15, -0.1) is 0 Å². The van der Waals surface area contributed by atoms with Crippen LogP contribution >= 0.6 is 0 Å². The normalized spacial score (nSPS) is 19.1. The Bertz CT molecular complexity index is 763. The minimum absolute atomic E-state index is 0.0201. The molecule has 0 spiro atoms. The number of benzene rings is 2. The van der Waals surface area contributed by atoms with E-state index in [-0.39, 0.29) is 5.91 Å². The SMILES string of the molecule is N#CC[NH+]1CC[NH+](CC(=O)Nc2ccc(OCc3ccccc3)cc2)CC1. The molecule has 140 valence electrons. The van der Waals surface area contributed by atoms with Crippen molar-refractivity contribution >= 4 is 11.6 Å². The molecule has 0 saturated carbocycles. The molecule has 1 saturated heterocycles. The minimum atomic E-state index is 0.0201. The van der Waals surface area contributed by atoms with Gasteiger partial charge < -0.3 is 19.9 Å². The maximum absolute atomic E-state index is 12.3. The number of carbonyl (C=O) groups excluding carboxylic acids is 1. The third-order valence-corrected chi connectivity index (χ3v) is 4.79. The van der Waals surface area contributed by atoms with Gasteiger partial charge >= 0.3 is 0 Å². The number of nitrogens with zero attached hydrogens (tertiary/aromatic N) is 1. The summed E-state index contributed by atoms with van der Waals surface area (Å²) in [4.78, 5) is 14.8. The monoisotopic (exact) mass is 366 g/mol. The summed E-state index contributed by atoms with van der Waals surface area (Å²) in [5.41, 5.74) is 1.90. The number of amides is 1. The van der Waals surface area contributed by atoms with Gasteiger partial charge in [-0.25, -0.2) is 0 Å². The van der Waals surface area contributed by atoms with Crippen molar-refractivity contribution in [2.24, 2.45) is 0 Å². The number of carbonyl (C=O) groups is 1. The molecule has 6 nitrogen and oxygen atoms in total. The standard InChI is InChI=1S/C21H24N4O2/c22-10-11-24-12-14-25(15-13-24)16-21(26)23-19-6-8-20(9-7-19)27-17-18-4-2-1-3-5-18/h1-9H,11-17H2,(H,23,26)/p+2. The van der Waals surface area contributed by atoms with Crippen molar-refractivity contribution in [2.45, 2.75) is 6.61 Å². The number of anilines is 1. The van der Waals surface area contributed by atoms with E-state index in [1.165, 1.54) is 9.80 Å². The largest absolute Gasteiger partial charge is 0.489 e. The predicted octanol–water partition coefficient (Wildman–Crippen LogP) is -0.489. The molecule has 0 unspecified atom stereocenters. The summed E-state index contributed by atoms with van der Waals surface area (Å²) in [6.07, 6.45) is 0. The average Bonchev–Trinajstić information content (AvgIpc) is 2.70. The number of hydrogen-bond acceptors (Lipinski definition) is 3. The van der Waals surface area contributed by atoms with Crippen LogP contribution in [0.3, 0.4) is 0 Å². The molecule has 0 aromatic heterocycles. The van der Waals surface area contributed by atoms with Crippen molar-refractivity contribution in [1.29, 1.82) is 5.26 Å². The van der Waals surface area contributed by atoms with Gasteiger partial charge in [0.2, 0.25) is 0 Å². The molecule has 1 aliphatic rings. The Morgan fingerprint density at radius 3 is 2.33 bits per heavy atom. The molecule has 27 heavy (non-hydrogen) atoms. The maximum atomic E-state index is 12.3. The number of nitriles is 1. The lowest BCUT2D eigenvalue weighted by Crippen LogP contribution is -3.28. The molecule has 0 atom stereocenters. The highest BCUT2D eigenvalue weighted by Crippen LogP contribution is 2.17. The minimum Gasteiger partial charge on any atom is -0.489 e. The smallest absolute Gasteiger partial charge is 0.279 e. The summed E-state index contributed by atoms with van der Waals surface area (Å²) >= 11 is 0. The molecule has 0 radical (unpaired) electrons. The van der Waals surface area contributed by atoms with Crippen LogP contribution in [0.25, 0.3) is 0 Å². The van der Waals surface area contributed by atoms with E-state index >= 15 is 0 Å². The lowest BCUT2D eigenvalue weighted by Gasteiger charge is -2.27. The van der Waals surface area contributed by atoms with Crippen LogP contribution in [0.4, 0.5) is 5.69 Å². The summed E-state index contributed by atoms with van der Waals surface area (Å²) in [7, 11) is 0. The van der Waals surface area contributed by atoms with Gasteiger partial charge in [0.15, 0.2) is 13.1 Å². The Morgan fingerprint density at radius 2 is 1.67 bits per heavy atom. The van der Waals surface area contributed by atoms with Gasteiger partial charge in [-0.05, 0) is 29.8 Å². The molecule has 1 aliphatic heterocycles. The van der Waals surface area contributed by atoms with E-state index in [2.05, 4.69) is 11.4 Å². The molecule has 0 bridgehead atoms. The second-order valence-corrected chi connectivity index (χ2v) is 6.86. The van der Waals surface area contributed by atoms with Gasteiger partial charge in [0.25, 0.3) is 5.91 Å². The second kappa shape index (κ2) is 9.72. The van der Waals surface area contributed by atoms with E-state index in [9.17, 15) is 4.79 Å². The van der Waals surface area contributed by atoms with Gasteiger partial charge in [-0.3, -0.25) is 4.79 Å². The number of ether oxygens (including phenoxy) is 1. The predicted molar refractivity (Wildman–Crippen MR) is 103 cm³/mol. The van der Waals surface area contributed by atoms with Gasteiger partial charge in [0, 0.05) is 5.69 Å². The van der Waals surface area contributed by atoms with Gasteiger partial charge in [0.1, 0.15) is 44.6 Å². The van der Waals surface area contributed by atoms with E-state index in [4.69, 9.17) is 10.00 Å². The van der Waals surface area contributed by atoms with E-state index in [1.807, 2.05) is 54.6 Å². The third kappa shape index (κ3) is 6.10. The Kier molecular flexibility index (Phi) is 6.80. The van der Waals surface area contributed by atoms with Crippen molar-refractivity contribution in [2.75, 3.05) is 44.6 Å². The zero-order valence-corrected chi connectivity index (χ0v) is 15.4. The number of hydrogen-bond donors (Lipinski definition) is 3. The molecule has 1 amide bonds. The maximum Gasteiger partial charge on any atom is 0.279 e. The molecule has 2 aromatic rings. The molecule has 3 N–H and O–H groups in total. The van der Waals surface area contributed by atoms with Crippen molar-refractivity contribution in [3.8, 4) is 11.8 Å². The van der Waals surface area contributed by atoms with Gasteiger partial charge in [-0.1, -0.05) is 30.3 Å². The van der Waals surface area contributed by atoms with E-state index in [0.717, 1.165) is 43.2 Å². The second-order valence-electron chi connectivity index (χ2n) is 6.86. The first-order valence-corrected chi connectivity index (χ1v) is 9.33. The van der Waals surface area contributed by atoms with Crippen molar-refractivity contribution in [3.05, 3.63) is 60.2 Å². The summed E-state index contributed by atoms with van der Waals surface area (Å²) in [5.74, 6) is 0.797. The molecular formula is C21H26N4O2+2. The fraction of sp³-hybridized carbons (Fsp3) is 0.333. The lowest BCUT2D eigenvalue weighted by atomic mass is 10.2. The van der Waals surface area contributed by atoms with Crippen LogP contribution in [0.1, 0.15) is 5.56 Å². The van der Waals surface area contributed by atoms with Crippen LogP contribution in [0.2, 0.25) is 0 Å². The molecule has 6 heteroatoms. The zero-order chi connectivity index (χ0) is 18.9. The Labute approximate surface area is 160 Å². The summed E-state index contributed by atoms with van der Waals surface area (Å²) < 4.78 is 5.76. The fourth-order valence-corrected chi connectivity index (χ4v) is 3.23. The van der Waals surface area contributed by atoms with Crippen LogP contribution in [-0.2, 0) is 11.4 Å². The quantitative estimate of drug-likeness (QED) is 0.579. The third-order valence-electron chi connectivity index (χ3n) is 4.79. The van der Waals surface area contributed by atoms with Crippen LogP contribution < -0.4 is 19.9 Å². The number of nitrogens with one attached hydrogen (secondary N) is 3. The van der Waals surface area contributed by atoms with Crippen molar-refractivity contribution in [1.82, 2.24) is 0 Å². The summed E-state index contributed by atoms with van der Waals surface area (Å²) in [5, 5.41) is 11.7. The van der Waals surface area contributed by atoms with E-state index in [0.29, 0.717) is 19.7 Å². The van der Waals surface area contributed by atoms with Gasteiger partial charge in [-0.2, -0.15) is 5.26 Å². The van der Waals surface area contributed by atoms with Crippen LogP contribution in [-0.4, -0.2) is 45.2 Å². The number of quaternary nitrogens is 2. The highest BCUT2D eigenvalue weighted by molar-refractivity contribution is 5.91. The van der Waals surface area contributed by atoms with Crippen LogP contribution in [0.5, 0.6) is 5.75 Å². The summed E-state index contributed by atoms with van der Waals surface area (Å²) in [6.45, 7) is 5.29. The molecule has 1 fully saturated rings. The first kappa shape index (κ1) is 18.9. The first-order valence-electron chi connectivity index (χ1n) is 9.33. The molecule has 2 aromatic carbocycles. The molecule has 0 aliphatic carbocycles. The topological polar surface area (TPSA) is 71.0 Å². The highest BCUT2D eigenvalue weighted by atomic mass is 16.5. The Morgan fingerprint density at radius 1 is 1.00 bits per heavy atom. The Balaban J connectivity index is 1.41. The molecule has 3 rings (SSSR count). The zero-order valence-electron chi connectivity index (χ0n) is 15.4. The lowest BCUT2D eigenvalue weighted by molar-refractivity contribution is -1.01. The first-order chi connectivity index (χ1) is 13.2.